The third-order valence-corrected chi connectivity index (χ3v) is 4.85. The van der Waals surface area contributed by atoms with Crippen LogP contribution < -0.4 is 0 Å². The molecule has 0 aromatic rings. The zero-order valence-corrected chi connectivity index (χ0v) is 16.2. The highest BCUT2D eigenvalue weighted by Gasteiger charge is 2.51. The molecule has 1 heterocycles. The van der Waals surface area contributed by atoms with Crippen LogP contribution in [0.1, 0.15) is 67.2 Å². The SMILES string of the molecule is CC(C)OC(=O)C(C(=O)OC(C)C)[C@@H]1CCCC2(C1)O[C@H](C)[C@@H](C)O2. The van der Waals surface area contributed by atoms with E-state index in [1.807, 2.05) is 13.8 Å². The summed E-state index contributed by atoms with van der Waals surface area (Å²) in [5.41, 5.74) is 0. The van der Waals surface area contributed by atoms with Crippen molar-refractivity contribution < 1.29 is 28.5 Å². The Morgan fingerprint density at radius 3 is 1.88 bits per heavy atom. The van der Waals surface area contributed by atoms with Crippen LogP contribution in [0, 0.1) is 11.8 Å². The number of ether oxygens (including phenoxy) is 4. The quantitative estimate of drug-likeness (QED) is 0.556. The molecule has 0 aromatic heterocycles. The van der Waals surface area contributed by atoms with E-state index in [-0.39, 0.29) is 30.3 Å². The lowest BCUT2D eigenvalue weighted by Crippen LogP contribution is -2.44. The Morgan fingerprint density at radius 2 is 1.44 bits per heavy atom. The summed E-state index contributed by atoms with van der Waals surface area (Å²) < 4.78 is 22.8. The fourth-order valence-electron chi connectivity index (χ4n) is 3.73. The summed E-state index contributed by atoms with van der Waals surface area (Å²) in [7, 11) is 0. The molecule has 0 amide bonds. The van der Waals surface area contributed by atoms with Gasteiger partial charge in [0, 0.05) is 12.8 Å². The van der Waals surface area contributed by atoms with E-state index in [9.17, 15) is 9.59 Å². The zero-order valence-electron chi connectivity index (χ0n) is 16.2. The van der Waals surface area contributed by atoms with Crippen LogP contribution >= 0.6 is 0 Å². The first-order valence-electron chi connectivity index (χ1n) is 9.40. The molecule has 0 aromatic carbocycles. The molecule has 6 heteroatoms. The number of hydrogen-bond donors (Lipinski definition) is 0. The highest BCUT2D eigenvalue weighted by atomic mass is 16.8. The van der Waals surface area contributed by atoms with E-state index in [2.05, 4.69) is 0 Å². The Kier molecular flexibility index (Phi) is 6.49. The van der Waals surface area contributed by atoms with E-state index in [0.717, 1.165) is 19.3 Å². The third-order valence-electron chi connectivity index (χ3n) is 4.85. The minimum absolute atomic E-state index is 0.00225. The molecule has 6 nitrogen and oxygen atoms in total. The summed E-state index contributed by atoms with van der Waals surface area (Å²) >= 11 is 0. The van der Waals surface area contributed by atoms with Gasteiger partial charge in [-0.1, -0.05) is 0 Å². The second kappa shape index (κ2) is 8.04. The Balaban J connectivity index is 2.18. The van der Waals surface area contributed by atoms with E-state index in [1.54, 1.807) is 27.7 Å². The van der Waals surface area contributed by atoms with E-state index in [1.165, 1.54) is 0 Å². The molecule has 0 unspecified atom stereocenters. The topological polar surface area (TPSA) is 71.1 Å². The van der Waals surface area contributed by atoms with Gasteiger partial charge >= 0.3 is 11.9 Å². The summed E-state index contributed by atoms with van der Waals surface area (Å²) in [6, 6.07) is 0. The molecule has 0 bridgehead atoms. The second-order valence-corrected chi connectivity index (χ2v) is 7.86. The lowest BCUT2D eigenvalue weighted by molar-refractivity contribution is -0.208. The first-order valence-corrected chi connectivity index (χ1v) is 9.40. The fraction of sp³-hybridized carbons (Fsp3) is 0.895. The molecular weight excluding hydrogens is 324 g/mol. The molecule has 1 saturated carbocycles. The molecule has 2 fully saturated rings. The lowest BCUT2D eigenvalue weighted by atomic mass is 9.77. The van der Waals surface area contributed by atoms with Crippen molar-refractivity contribution in [3.63, 3.8) is 0 Å². The van der Waals surface area contributed by atoms with Gasteiger partial charge in [0.05, 0.1) is 24.4 Å². The van der Waals surface area contributed by atoms with Crippen molar-refractivity contribution in [1.82, 2.24) is 0 Å². The number of hydrogen-bond acceptors (Lipinski definition) is 6. The van der Waals surface area contributed by atoms with Gasteiger partial charge in [-0.2, -0.15) is 0 Å². The van der Waals surface area contributed by atoms with Crippen LogP contribution in [0.2, 0.25) is 0 Å². The van der Waals surface area contributed by atoms with Crippen molar-refractivity contribution in [1.29, 1.82) is 0 Å². The minimum atomic E-state index is -0.930. The zero-order chi connectivity index (χ0) is 18.8. The van der Waals surface area contributed by atoms with Gasteiger partial charge in [-0.3, -0.25) is 9.59 Å². The predicted molar refractivity (Wildman–Crippen MR) is 91.7 cm³/mol. The van der Waals surface area contributed by atoms with E-state index in [0.29, 0.717) is 6.42 Å². The predicted octanol–water partition coefficient (Wildman–Crippen LogP) is 3.22. The van der Waals surface area contributed by atoms with Crippen molar-refractivity contribution in [2.75, 3.05) is 0 Å². The van der Waals surface area contributed by atoms with Gasteiger partial charge in [-0.15, -0.1) is 0 Å². The first-order chi connectivity index (χ1) is 11.6. The van der Waals surface area contributed by atoms with E-state index < -0.39 is 23.6 Å². The van der Waals surface area contributed by atoms with Crippen molar-refractivity contribution in [2.45, 2.75) is 97.4 Å². The average Bonchev–Trinajstić information content (AvgIpc) is 2.71. The number of carbonyl (C=O) groups is 2. The van der Waals surface area contributed by atoms with Crippen LogP contribution in [-0.4, -0.2) is 42.1 Å². The van der Waals surface area contributed by atoms with Crippen molar-refractivity contribution in [3.8, 4) is 0 Å². The molecule has 25 heavy (non-hydrogen) atoms. The van der Waals surface area contributed by atoms with Gasteiger partial charge in [0.1, 0.15) is 0 Å². The Bertz CT molecular complexity index is 454. The van der Waals surface area contributed by atoms with Crippen LogP contribution in [-0.2, 0) is 28.5 Å². The maximum atomic E-state index is 12.6. The number of rotatable bonds is 5. The minimum Gasteiger partial charge on any atom is -0.462 e. The smallest absolute Gasteiger partial charge is 0.320 e. The average molecular weight is 356 g/mol. The van der Waals surface area contributed by atoms with Gasteiger partial charge in [-0.25, -0.2) is 0 Å². The molecule has 0 radical (unpaired) electrons. The summed E-state index contributed by atoms with van der Waals surface area (Å²) in [5.74, 6) is -2.86. The standard InChI is InChI=1S/C19H32O6/c1-11(2)22-17(20)16(18(21)23-12(3)4)15-8-7-9-19(10-15)24-13(5)14(6)25-19/h11-16H,7-10H2,1-6H3/t13-,14-,15-/m1/s1. The first kappa shape index (κ1) is 20.2. The van der Waals surface area contributed by atoms with Crippen molar-refractivity contribution in [2.24, 2.45) is 11.8 Å². The Hall–Kier alpha value is -1.14. The number of carbonyl (C=O) groups excluding carboxylic acids is 2. The highest BCUT2D eigenvalue weighted by Crippen LogP contribution is 2.45. The fourth-order valence-corrected chi connectivity index (χ4v) is 3.73. The third kappa shape index (κ3) is 4.94. The van der Waals surface area contributed by atoms with Crippen LogP contribution in [0.5, 0.6) is 0 Å². The molecule has 1 saturated heterocycles. The molecule has 3 atom stereocenters. The van der Waals surface area contributed by atoms with Gasteiger partial charge < -0.3 is 18.9 Å². The van der Waals surface area contributed by atoms with Crippen LogP contribution in [0.4, 0.5) is 0 Å². The second-order valence-electron chi connectivity index (χ2n) is 7.86. The monoisotopic (exact) mass is 356 g/mol. The van der Waals surface area contributed by atoms with Crippen LogP contribution in [0.3, 0.4) is 0 Å². The molecule has 2 aliphatic rings. The van der Waals surface area contributed by atoms with E-state index in [4.69, 9.17) is 18.9 Å². The van der Waals surface area contributed by atoms with Crippen LogP contribution in [0.25, 0.3) is 0 Å². The molecule has 1 aliphatic heterocycles. The summed E-state index contributed by atoms with van der Waals surface area (Å²) in [5, 5.41) is 0. The maximum Gasteiger partial charge on any atom is 0.320 e. The maximum absolute atomic E-state index is 12.6. The molecular formula is C19H32O6. The van der Waals surface area contributed by atoms with Gasteiger partial charge in [0.25, 0.3) is 0 Å². The largest absolute Gasteiger partial charge is 0.462 e. The normalized spacial score (nSPS) is 28.8. The van der Waals surface area contributed by atoms with Crippen molar-refractivity contribution >= 4 is 11.9 Å². The number of esters is 2. The van der Waals surface area contributed by atoms with Gasteiger partial charge in [0.15, 0.2) is 11.7 Å². The molecule has 144 valence electrons. The summed E-state index contributed by atoms with van der Waals surface area (Å²) in [6.07, 6.45) is 2.32. The Morgan fingerprint density at radius 1 is 0.960 bits per heavy atom. The summed E-state index contributed by atoms with van der Waals surface area (Å²) in [4.78, 5) is 25.2. The highest BCUT2D eigenvalue weighted by molar-refractivity contribution is 5.95. The van der Waals surface area contributed by atoms with Gasteiger partial charge in [-0.05, 0) is 60.3 Å². The van der Waals surface area contributed by atoms with Crippen LogP contribution in [0.15, 0.2) is 0 Å². The van der Waals surface area contributed by atoms with Crippen molar-refractivity contribution in [3.05, 3.63) is 0 Å². The van der Waals surface area contributed by atoms with E-state index >= 15 is 0 Å². The molecule has 0 N–H and O–H groups in total. The molecule has 2 rings (SSSR count). The van der Waals surface area contributed by atoms with Gasteiger partial charge in [0.2, 0.25) is 0 Å². The Labute approximate surface area is 150 Å². The molecule has 1 spiro atoms. The lowest BCUT2D eigenvalue weighted by Gasteiger charge is -2.38. The summed E-state index contributed by atoms with van der Waals surface area (Å²) in [6.45, 7) is 11.1. The molecule has 1 aliphatic carbocycles.